The highest BCUT2D eigenvalue weighted by atomic mass is 32.1. The molecule has 1 N–H and O–H groups in total. The van der Waals surface area contributed by atoms with Crippen molar-refractivity contribution in [3.05, 3.63) is 27.1 Å². The largest absolute Gasteiger partial charge is 0.477 e. The van der Waals surface area contributed by atoms with Crippen molar-refractivity contribution in [2.45, 2.75) is 39.7 Å². The molecule has 0 atom stereocenters. The van der Waals surface area contributed by atoms with Gasteiger partial charge in [-0.1, -0.05) is 19.8 Å². The van der Waals surface area contributed by atoms with Crippen LogP contribution in [0.25, 0.3) is 10.2 Å². The molecule has 0 aromatic carbocycles. The van der Waals surface area contributed by atoms with Crippen LogP contribution in [-0.4, -0.2) is 20.6 Å². The van der Waals surface area contributed by atoms with Gasteiger partial charge in [-0.15, -0.1) is 11.3 Å². The summed E-state index contributed by atoms with van der Waals surface area (Å²) in [6.07, 6.45) is 4.60. The average Bonchev–Trinajstić information content (AvgIpc) is 2.71. The Morgan fingerprint density at radius 1 is 1.47 bits per heavy atom. The molecule has 0 fully saturated rings. The summed E-state index contributed by atoms with van der Waals surface area (Å²) < 4.78 is 1.57. The van der Waals surface area contributed by atoms with E-state index in [-0.39, 0.29) is 10.4 Å². The second kappa shape index (κ2) is 5.52. The molecule has 0 aliphatic carbocycles. The number of unbranched alkanes of at least 4 members (excludes halogenated alkanes) is 2. The van der Waals surface area contributed by atoms with Crippen LogP contribution in [0.1, 0.15) is 41.4 Å². The van der Waals surface area contributed by atoms with Crippen LogP contribution in [-0.2, 0) is 6.54 Å². The molecule has 0 aliphatic rings. The normalized spacial score (nSPS) is 11.1. The minimum atomic E-state index is -1.00. The maximum atomic E-state index is 12.3. The molecule has 0 spiro atoms. The molecule has 2 aromatic rings. The Hall–Kier alpha value is -1.69. The van der Waals surface area contributed by atoms with Crippen molar-refractivity contribution in [3.8, 4) is 0 Å². The number of aromatic nitrogens is 2. The summed E-state index contributed by atoms with van der Waals surface area (Å²) in [5.41, 5.74) is 0.386. The van der Waals surface area contributed by atoms with Crippen molar-refractivity contribution in [2.24, 2.45) is 0 Å². The van der Waals surface area contributed by atoms with E-state index in [0.29, 0.717) is 22.3 Å². The zero-order chi connectivity index (χ0) is 14.0. The minimum Gasteiger partial charge on any atom is -0.477 e. The van der Waals surface area contributed by atoms with Gasteiger partial charge in [-0.25, -0.2) is 9.78 Å². The smallest absolute Gasteiger partial charge is 0.346 e. The van der Waals surface area contributed by atoms with Gasteiger partial charge in [0.25, 0.3) is 5.56 Å². The molecule has 0 radical (unpaired) electrons. The van der Waals surface area contributed by atoms with Crippen molar-refractivity contribution in [1.82, 2.24) is 9.55 Å². The Morgan fingerprint density at radius 3 is 2.84 bits per heavy atom. The molecule has 6 heteroatoms. The summed E-state index contributed by atoms with van der Waals surface area (Å²) in [6, 6.07) is 0. The fraction of sp³-hybridized carbons (Fsp3) is 0.462. The van der Waals surface area contributed by atoms with E-state index in [9.17, 15) is 9.59 Å². The van der Waals surface area contributed by atoms with Gasteiger partial charge in [-0.05, 0) is 18.9 Å². The van der Waals surface area contributed by atoms with Gasteiger partial charge < -0.3 is 5.11 Å². The monoisotopic (exact) mass is 280 g/mol. The molecule has 0 saturated carbocycles. The number of rotatable bonds is 5. The van der Waals surface area contributed by atoms with Crippen LogP contribution in [0.2, 0.25) is 0 Å². The lowest BCUT2D eigenvalue weighted by Crippen LogP contribution is -2.20. The van der Waals surface area contributed by atoms with Crippen molar-refractivity contribution < 1.29 is 9.90 Å². The van der Waals surface area contributed by atoms with Crippen molar-refractivity contribution >= 4 is 27.5 Å². The summed E-state index contributed by atoms with van der Waals surface area (Å²) in [7, 11) is 0. The number of hydrogen-bond donors (Lipinski definition) is 1. The van der Waals surface area contributed by atoms with Crippen LogP contribution in [0.3, 0.4) is 0 Å². The van der Waals surface area contributed by atoms with E-state index < -0.39 is 5.97 Å². The van der Waals surface area contributed by atoms with E-state index in [4.69, 9.17) is 5.11 Å². The molecule has 2 aromatic heterocycles. The van der Waals surface area contributed by atoms with Gasteiger partial charge in [0.15, 0.2) is 0 Å². The molecule has 2 heterocycles. The van der Waals surface area contributed by atoms with Gasteiger partial charge in [-0.3, -0.25) is 9.36 Å². The van der Waals surface area contributed by atoms with Crippen molar-refractivity contribution in [1.29, 1.82) is 0 Å². The fourth-order valence-corrected chi connectivity index (χ4v) is 3.03. The average molecular weight is 280 g/mol. The molecular formula is C13H16N2O3S. The van der Waals surface area contributed by atoms with Gasteiger partial charge in [0, 0.05) is 6.54 Å². The van der Waals surface area contributed by atoms with Gasteiger partial charge in [-0.2, -0.15) is 0 Å². The van der Waals surface area contributed by atoms with Crippen LogP contribution in [0.4, 0.5) is 0 Å². The molecular weight excluding hydrogens is 264 g/mol. The lowest BCUT2D eigenvalue weighted by molar-refractivity contribution is 0.0701. The van der Waals surface area contributed by atoms with E-state index in [1.807, 2.05) is 0 Å². The Bertz CT molecular complexity index is 672. The van der Waals surface area contributed by atoms with Crippen LogP contribution in [0.15, 0.2) is 11.1 Å². The number of carboxylic acid groups (broad SMARTS) is 1. The molecule has 0 aliphatic heterocycles. The molecule has 0 unspecified atom stereocenters. The van der Waals surface area contributed by atoms with Gasteiger partial charge in [0.2, 0.25) is 0 Å². The third kappa shape index (κ3) is 2.53. The number of hydrogen-bond acceptors (Lipinski definition) is 4. The predicted molar refractivity (Wildman–Crippen MR) is 75.1 cm³/mol. The summed E-state index contributed by atoms with van der Waals surface area (Å²) in [6.45, 7) is 4.40. The number of fused-ring (bicyclic) bond motifs is 1. The van der Waals surface area contributed by atoms with Crippen molar-refractivity contribution in [2.75, 3.05) is 0 Å². The zero-order valence-electron chi connectivity index (χ0n) is 11.0. The van der Waals surface area contributed by atoms with Crippen molar-refractivity contribution in [3.63, 3.8) is 0 Å². The number of aryl methyl sites for hydroxylation is 2. The van der Waals surface area contributed by atoms with Gasteiger partial charge in [0.1, 0.15) is 9.71 Å². The van der Waals surface area contributed by atoms with E-state index in [1.54, 1.807) is 11.5 Å². The van der Waals surface area contributed by atoms with Crippen LogP contribution < -0.4 is 5.56 Å². The highest BCUT2D eigenvalue weighted by Gasteiger charge is 2.18. The van der Waals surface area contributed by atoms with E-state index in [2.05, 4.69) is 11.9 Å². The first-order valence-corrected chi connectivity index (χ1v) is 7.09. The van der Waals surface area contributed by atoms with Crippen LogP contribution in [0.5, 0.6) is 0 Å². The highest BCUT2D eigenvalue weighted by Crippen LogP contribution is 2.26. The predicted octanol–water partition coefficient (Wildman–Crippen LogP) is 2.65. The number of thiophene rings is 1. The van der Waals surface area contributed by atoms with E-state index in [1.165, 1.54) is 6.33 Å². The molecule has 0 amide bonds. The summed E-state index contributed by atoms with van der Waals surface area (Å²) in [5, 5.41) is 9.52. The lowest BCUT2D eigenvalue weighted by Gasteiger charge is -2.04. The molecule has 0 saturated heterocycles. The first kappa shape index (κ1) is 13.7. The van der Waals surface area contributed by atoms with E-state index >= 15 is 0 Å². The number of carbonyl (C=O) groups is 1. The van der Waals surface area contributed by atoms with Gasteiger partial charge >= 0.3 is 5.97 Å². The maximum Gasteiger partial charge on any atom is 0.346 e. The second-order valence-electron chi connectivity index (χ2n) is 4.49. The Kier molecular flexibility index (Phi) is 3.99. The highest BCUT2D eigenvalue weighted by molar-refractivity contribution is 7.20. The third-order valence-corrected chi connectivity index (χ3v) is 4.30. The molecule has 0 bridgehead atoms. The zero-order valence-corrected chi connectivity index (χ0v) is 11.8. The number of aromatic carboxylic acids is 1. The SMILES string of the molecule is CCCCCn1cnc2sc(C(=O)O)c(C)c2c1=O. The van der Waals surface area contributed by atoms with Crippen LogP contribution in [0, 0.1) is 6.92 Å². The second-order valence-corrected chi connectivity index (χ2v) is 5.49. The molecule has 2 rings (SSSR count). The third-order valence-electron chi connectivity index (χ3n) is 3.11. The Balaban J connectivity index is 2.49. The Labute approximate surface area is 114 Å². The summed E-state index contributed by atoms with van der Waals surface area (Å²) in [4.78, 5) is 28.3. The lowest BCUT2D eigenvalue weighted by atomic mass is 10.2. The number of carboxylic acids is 1. The minimum absolute atomic E-state index is 0.137. The quantitative estimate of drug-likeness (QED) is 0.855. The summed E-state index contributed by atoms with van der Waals surface area (Å²) in [5.74, 6) is -1.00. The van der Waals surface area contributed by atoms with E-state index in [0.717, 1.165) is 30.6 Å². The van der Waals surface area contributed by atoms with Crippen LogP contribution >= 0.6 is 11.3 Å². The Morgan fingerprint density at radius 2 is 2.21 bits per heavy atom. The number of nitrogens with zero attached hydrogens (tertiary/aromatic N) is 2. The maximum absolute atomic E-state index is 12.3. The summed E-state index contributed by atoms with van der Waals surface area (Å²) >= 11 is 1.06. The molecule has 102 valence electrons. The first-order valence-electron chi connectivity index (χ1n) is 6.28. The molecule has 19 heavy (non-hydrogen) atoms. The fourth-order valence-electron chi connectivity index (χ4n) is 2.05. The van der Waals surface area contributed by atoms with Gasteiger partial charge in [0.05, 0.1) is 11.7 Å². The topological polar surface area (TPSA) is 72.2 Å². The standard InChI is InChI=1S/C13H16N2O3S/c1-3-4-5-6-15-7-14-11-9(12(15)16)8(2)10(19-11)13(17)18/h7H,3-6H2,1-2H3,(H,17,18). The molecule has 5 nitrogen and oxygen atoms in total. The first-order chi connectivity index (χ1) is 9.06.